The van der Waals surface area contributed by atoms with Crippen LogP contribution in [0.25, 0.3) is 0 Å². The van der Waals surface area contributed by atoms with Crippen molar-refractivity contribution in [3.8, 4) is 0 Å². The van der Waals surface area contributed by atoms with Crippen LogP contribution < -0.4 is 4.90 Å². The van der Waals surface area contributed by atoms with E-state index >= 15 is 0 Å². The Bertz CT molecular complexity index is 531. The number of hydrogen-bond donors (Lipinski definition) is 0. The summed E-state index contributed by atoms with van der Waals surface area (Å²) in [4.78, 5) is 10.8. The molecule has 0 fully saturated rings. The molecule has 0 aliphatic heterocycles. The summed E-state index contributed by atoms with van der Waals surface area (Å²) in [6.45, 7) is 3.56. The lowest BCUT2D eigenvalue weighted by atomic mass is 10.3. The molecule has 0 aromatic carbocycles. The Hall–Kier alpha value is -1.32. The monoisotopic (exact) mass is 295 g/mol. The van der Waals surface area contributed by atoms with Gasteiger partial charge in [-0.1, -0.05) is 17.7 Å². The van der Waals surface area contributed by atoms with E-state index in [4.69, 9.17) is 23.2 Å². The highest BCUT2D eigenvalue weighted by atomic mass is 35.5. The summed E-state index contributed by atoms with van der Waals surface area (Å²) in [5.41, 5.74) is 1.91. The highest BCUT2D eigenvalue weighted by Gasteiger charge is 2.12. The first-order valence-electron chi connectivity index (χ1n) is 6.09. The van der Waals surface area contributed by atoms with E-state index in [1.807, 2.05) is 24.3 Å². The average Bonchev–Trinajstić information content (AvgIpc) is 2.46. The van der Waals surface area contributed by atoms with Crippen molar-refractivity contribution in [1.82, 2.24) is 9.97 Å². The molecular formula is C14H15Cl2N3. The number of anilines is 1. The first kappa shape index (κ1) is 14.1. The number of rotatable bonds is 5. The van der Waals surface area contributed by atoms with Crippen molar-refractivity contribution in [2.45, 2.75) is 19.3 Å². The fourth-order valence-corrected chi connectivity index (χ4v) is 2.25. The molecule has 0 N–H and O–H groups in total. The van der Waals surface area contributed by atoms with Gasteiger partial charge in [0.2, 0.25) is 0 Å². The number of pyridine rings is 2. The molecule has 0 saturated heterocycles. The van der Waals surface area contributed by atoms with E-state index in [0.717, 1.165) is 23.6 Å². The summed E-state index contributed by atoms with van der Waals surface area (Å²) >= 11 is 12.0. The van der Waals surface area contributed by atoms with Crippen molar-refractivity contribution in [3.05, 3.63) is 52.9 Å². The van der Waals surface area contributed by atoms with Crippen molar-refractivity contribution in [2.24, 2.45) is 0 Å². The Morgan fingerprint density at radius 1 is 1.26 bits per heavy atom. The third-order valence-corrected chi connectivity index (χ3v) is 3.38. The van der Waals surface area contributed by atoms with Crippen molar-refractivity contribution >= 4 is 29.0 Å². The van der Waals surface area contributed by atoms with Crippen molar-refractivity contribution < 1.29 is 0 Å². The smallest absolute Gasteiger partial charge is 0.147 e. The summed E-state index contributed by atoms with van der Waals surface area (Å²) in [5, 5.41) is 0.621. The Morgan fingerprint density at radius 3 is 2.68 bits per heavy atom. The van der Waals surface area contributed by atoms with Crippen LogP contribution >= 0.6 is 23.2 Å². The zero-order chi connectivity index (χ0) is 13.7. The third kappa shape index (κ3) is 3.58. The Balaban J connectivity index is 2.22. The summed E-state index contributed by atoms with van der Waals surface area (Å²) < 4.78 is 0. The van der Waals surface area contributed by atoms with Gasteiger partial charge in [-0.15, -0.1) is 11.6 Å². The van der Waals surface area contributed by atoms with Crippen molar-refractivity contribution in [2.75, 3.05) is 11.4 Å². The van der Waals surface area contributed by atoms with Gasteiger partial charge >= 0.3 is 0 Å². The molecular weight excluding hydrogens is 281 g/mol. The maximum atomic E-state index is 6.26. The molecule has 0 radical (unpaired) electrons. The molecule has 2 aromatic heterocycles. The van der Waals surface area contributed by atoms with Crippen LogP contribution in [0.3, 0.4) is 0 Å². The molecule has 5 heteroatoms. The minimum absolute atomic E-state index is 0.416. The fraction of sp³-hybridized carbons (Fsp3) is 0.286. The molecule has 100 valence electrons. The second-order valence-corrected chi connectivity index (χ2v) is 4.79. The van der Waals surface area contributed by atoms with Gasteiger partial charge in [0.1, 0.15) is 5.82 Å². The molecule has 0 atom stereocenters. The van der Waals surface area contributed by atoms with Gasteiger partial charge in [-0.3, -0.25) is 4.98 Å². The van der Waals surface area contributed by atoms with E-state index in [9.17, 15) is 0 Å². The van der Waals surface area contributed by atoms with Crippen LogP contribution in [0.5, 0.6) is 0 Å². The molecule has 0 amide bonds. The number of hydrogen-bond acceptors (Lipinski definition) is 3. The van der Waals surface area contributed by atoms with Crippen LogP contribution in [0.2, 0.25) is 5.02 Å². The van der Waals surface area contributed by atoms with Gasteiger partial charge in [-0.05, 0) is 30.7 Å². The normalized spacial score (nSPS) is 10.5. The molecule has 2 heterocycles. The summed E-state index contributed by atoms with van der Waals surface area (Å²) in [6, 6.07) is 7.73. The molecule has 19 heavy (non-hydrogen) atoms. The highest BCUT2D eigenvalue weighted by Crippen LogP contribution is 2.25. The van der Waals surface area contributed by atoms with E-state index in [0.29, 0.717) is 17.4 Å². The molecule has 3 nitrogen and oxygen atoms in total. The number of alkyl halides is 1. The van der Waals surface area contributed by atoms with Crippen LogP contribution in [0.15, 0.2) is 36.7 Å². The van der Waals surface area contributed by atoms with Gasteiger partial charge < -0.3 is 4.90 Å². The molecule has 0 saturated carbocycles. The van der Waals surface area contributed by atoms with Crippen molar-refractivity contribution in [1.29, 1.82) is 0 Å². The van der Waals surface area contributed by atoms with E-state index < -0.39 is 0 Å². The van der Waals surface area contributed by atoms with Crippen LogP contribution in [-0.2, 0) is 12.4 Å². The topological polar surface area (TPSA) is 29.0 Å². The zero-order valence-electron chi connectivity index (χ0n) is 10.7. The maximum absolute atomic E-state index is 6.26. The SMILES string of the molecule is CCN(Cc1ccccn1)c1ncc(CCl)cc1Cl. The van der Waals surface area contributed by atoms with Crippen LogP contribution in [0.4, 0.5) is 5.82 Å². The van der Waals surface area contributed by atoms with Gasteiger partial charge in [0.15, 0.2) is 0 Å². The Kier molecular flexibility index (Phi) is 5.00. The van der Waals surface area contributed by atoms with Gasteiger partial charge in [0.25, 0.3) is 0 Å². The summed E-state index contributed by atoms with van der Waals surface area (Å²) in [6.07, 6.45) is 3.55. The number of nitrogens with zero attached hydrogens (tertiary/aromatic N) is 3. The van der Waals surface area contributed by atoms with Gasteiger partial charge in [0.05, 0.1) is 17.3 Å². The predicted octanol–water partition coefficient (Wildman–Crippen LogP) is 3.90. The van der Waals surface area contributed by atoms with E-state index in [1.165, 1.54) is 0 Å². The van der Waals surface area contributed by atoms with Crippen molar-refractivity contribution in [3.63, 3.8) is 0 Å². The molecule has 0 spiro atoms. The molecule has 2 rings (SSSR count). The molecule has 0 unspecified atom stereocenters. The second kappa shape index (κ2) is 6.73. The van der Waals surface area contributed by atoms with Crippen LogP contribution in [0.1, 0.15) is 18.2 Å². The van der Waals surface area contributed by atoms with Crippen LogP contribution in [0, 0.1) is 0 Å². The first-order valence-corrected chi connectivity index (χ1v) is 7.01. The minimum Gasteiger partial charge on any atom is -0.350 e. The molecule has 0 aliphatic rings. The quantitative estimate of drug-likeness (QED) is 0.784. The predicted molar refractivity (Wildman–Crippen MR) is 79.8 cm³/mol. The summed E-state index contributed by atoms with van der Waals surface area (Å²) in [7, 11) is 0. The lowest BCUT2D eigenvalue weighted by molar-refractivity contribution is 0.793. The number of aromatic nitrogens is 2. The Labute approximate surface area is 123 Å². The standard InChI is InChI=1S/C14H15Cl2N3/c1-2-19(10-12-5-3-4-6-17-12)14-13(16)7-11(8-15)9-18-14/h3-7,9H,2,8,10H2,1H3. The fourth-order valence-electron chi connectivity index (χ4n) is 1.80. The summed E-state index contributed by atoms with van der Waals surface area (Å²) in [5.74, 6) is 1.18. The largest absolute Gasteiger partial charge is 0.350 e. The second-order valence-electron chi connectivity index (χ2n) is 4.12. The highest BCUT2D eigenvalue weighted by molar-refractivity contribution is 6.33. The minimum atomic E-state index is 0.416. The van der Waals surface area contributed by atoms with Gasteiger partial charge in [-0.25, -0.2) is 4.98 Å². The van der Waals surface area contributed by atoms with E-state index in [1.54, 1.807) is 12.4 Å². The molecule has 0 bridgehead atoms. The zero-order valence-corrected chi connectivity index (χ0v) is 12.2. The Morgan fingerprint density at radius 2 is 2.11 bits per heavy atom. The lowest BCUT2D eigenvalue weighted by Crippen LogP contribution is -2.24. The molecule has 0 aliphatic carbocycles. The lowest BCUT2D eigenvalue weighted by Gasteiger charge is -2.22. The molecule has 2 aromatic rings. The first-order chi connectivity index (χ1) is 9.24. The van der Waals surface area contributed by atoms with E-state index in [2.05, 4.69) is 21.8 Å². The van der Waals surface area contributed by atoms with Gasteiger partial charge in [-0.2, -0.15) is 0 Å². The van der Waals surface area contributed by atoms with Crippen LogP contribution in [-0.4, -0.2) is 16.5 Å². The van der Waals surface area contributed by atoms with E-state index in [-0.39, 0.29) is 0 Å². The number of halogens is 2. The third-order valence-electron chi connectivity index (χ3n) is 2.79. The van der Waals surface area contributed by atoms with Gasteiger partial charge in [0, 0.05) is 24.8 Å². The maximum Gasteiger partial charge on any atom is 0.147 e. The average molecular weight is 296 g/mol.